The summed E-state index contributed by atoms with van der Waals surface area (Å²) in [6.07, 6.45) is 0. The SMILES string of the molecule is CC(C)(C)NC(C(=O)C(C)(C)C)C(C)(C)SSCC(C)(NC(C)(C)C)C(=O)C(C)(C)C. The molecule has 6 heteroatoms. The highest BCUT2D eigenvalue weighted by molar-refractivity contribution is 8.77. The van der Waals surface area contributed by atoms with Gasteiger partial charge in [0.05, 0.1) is 11.6 Å². The molecule has 0 heterocycles. The van der Waals surface area contributed by atoms with Crippen LogP contribution in [0.5, 0.6) is 0 Å². The van der Waals surface area contributed by atoms with Gasteiger partial charge < -0.3 is 5.32 Å². The fraction of sp³-hybridized carbons (Fsp3) is 0.920. The maximum Gasteiger partial charge on any atom is 0.158 e. The minimum Gasteiger partial charge on any atom is -0.302 e. The highest BCUT2D eigenvalue weighted by Gasteiger charge is 2.45. The molecule has 0 aliphatic rings. The first-order valence-electron chi connectivity index (χ1n) is 11.3. The van der Waals surface area contributed by atoms with Crippen molar-refractivity contribution in [2.24, 2.45) is 10.8 Å². The highest BCUT2D eigenvalue weighted by Crippen LogP contribution is 2.43. The third kappa shape index (κ3) is 10.6. The Morgan fingerprint density at radius 3 is 1.48 bits per heavy atom. The molecule has 0 saturated heterocycles. The number of Topliss-reactive ketones (excluding diaryl/α,β-unsaturated/α-hetero) is 2. The third-order valence-corrected chi connectivity index (χ3v) is 8.20. The maximum atomic E-state index is 13.3. The quantitative estimate of drug-likeness (QED) is 0.384. The minimum atomic E-state index is -0.661. The predicted octanol–water partition coefficient (Wildman–Crippen LogP) is 6.28. The summed E-state index contributed by atoms with van der Waals surface area (Å²) in [4.78, 5) is 26.7. The lowest BCUT2D eigenvalue weighted by atomic mass is 9.79. The molecule has 0 fully saturated rings. The lowest BCUT2D eigenvalue weighted by Gasteiger charge is -2.42. The summed E-state index contributed by atoms with van der Waals surface area (Å²) in [6.45, 7) is 30.7. The average Bonchev–Trinajstić information content (AvgIpc) is 2.46. The Hall–Kier alpha value is -0.0400. The number of carbonyl (C=O) groups excluding carboxylic acids is 2. The summed E-state index contributed by atoms with van der Waals surface area (Å²) in [6, 6.07) is -0.301. The van der Waals surface area contributed by atoms with Crippen LogP contribution in [0.25, 0.3) is 0 Å². The molecule has 2 N–H and O–H groups in total. The average molecular weight is 475 g/mol. The van der Waals surface area contributed by atoms with Crippen molar-refractivity contribution in [3.63, 3.8) is 0 Å². The van der Waals surface area contributed by atoms with E-state index in [-0.39, 0.29) is 33.4 Å². The number of ketones is 2. The number of rotatable bonds is 9. The van der Waals surface area contributed by atoms with Gasteiger partial charge in [0.1, 0.15) is 0 Å². The fourth-order valence-corrected chi connectivity index (χ4v) is 6.73. The first kappa shape index (κ1) is 31.0. The van der Waals surface area contributed by atoms with E-state index in [1.807, 2.05) is 48.5 Å². The molecule has 0 saturated carbocycles. The molecule has 4 nitrogen and oxygen atoms in total. The molecule has 0 rings (SSSR count). The van der Waals surface area contributed by atoms with Crippen LogP contribution in [0.4, 0.5) is 0 Å². The van der Waals surface area contributed by atoms with Crippen LogP contribution in [0.15, 0.2) is 0 Å². The van der Waals surface area contributed by atoms with Gasteiger partial charge in [0.25, 0.3) is 0 Å². The molecule has 184 valence electrons. The molecule has 0 amide bonds. The highest BCUT2D eigenvalue weighted by atomic mass is 33.1. The van der Waals surface area contributed by atoms with Crippen LogP contribution in [-0.2, 0) is 9.59 Å². The van der Waals surface area contributed by atoms with Crippen molar-refractivity contribution in [2.75, 3.05) is 5.75 Å². The second-order valence-electron chi connectivity index (χ2n) is 13.7. The zero-order chi connectivity index (χ0) is 25.3. The molecule has 0 aromatic heterocycles. The zero-order valence-corrected chi connectivity index (χ0v) is 24.6. The van der Waals surface area contributed by atoms with Crippen molar-refractivity contribution in [3.05, 3.63) is 0 Å². The number of hydrogen-bond acceptors (Lipinski definition) is 6. The van der Waals surface area contributed by atoms with Gasteiger partial charge in [0.2, 0.25) is 0 Å². The van der Waals surface area contributed by atoms with Gasteiger partial charge >= 0.3 is 0 Å². The first-order chi connectivity index (χ1) is 13.3. The molecule has 0 bridgehead atoms. The van der Waals surface area contributed by atoms with Gasteiger partial charge in [-0.2, -0.15) is 0 Å². The molecule has 31 heavy (non-hydrogen) atoms. The summed E-state index contributed by atoms with van der Waals surface area (Å²) >= 11 is 0. The van der Waals surface area contributed by atoms with Gasteiger partial charge in [-0.05, 0) is 62.3 Å². The van der Waals surface area contributed by atoms with E-state index in [2.05, 4.69) is 66.0 Å². The molecule has 2 atom stereocenters. The van der Waals surface area contributed by atoms with Crippen molar-refractivity contribution in [2.45, 2.75) is 131 Å². The summed E-state index contributed by atoms with van der Waals surface area (Å²) in [5, 5.41) is 7.14. The van der Waals surface area contributed by atoms with Crippen LogP contribution >= 0.6 is 21.6 Å². The fourth-order valence-electron chi connectivity index (χ4n) is 3.58. The third-order valence-electron chi connectivity index (χ3n) is 4.73. The van der Waals surface area contributed by atoms with Crippen LogP contribution in [0.2, 0.25) is 0 Å². The molecule has 2 unspecified atom stereocenters. The summed E-state index contributed by atoms with van der Waals surface area (Å²) in [5.41, 5.74) is -1.90. The van der Waals surface area contributed by atoms with Gasteiger partial charge in [-0.1, -0.05) is 63.1 Å². The largest absolute Gasteiger partial charge is 0.302 e. The van der Waals surface area contributed by atoms with Crippen molar-refractivity contribution < 1.29 is 9.59 Å². The lowest BCUT2D eigenvalue weighted by Crippen LogP contribution is -2.61. The van der Waals surface area contributed by atoms with Crippen molar-refractivity contribution in [3.8, 4) is 0 Å². The first-order valence-corrected chi connectivity index (χ1v) is 13.6. The monoisotopic (exact) mass is 474 g/mol. The molecular weight excluding hydrogens is 424 g/mol. The molecule has 0 aromatic carbocycles. The van der Waals surface area contributed by atoms with E-state index in [0.717, 1.165) is 0 Å². The molecule has 0 aromatic rings. The summed E-state index contributed by atoms with van der Waals surface area (Å²) < 4.78 is -0.351. The smallest absolute Gasteiger partial charge is 0.158 e. The van der Waals surface area contributed by atoms with E-state index in [1.54, 1.807) is 21.6 Å². The molecule has 0 radical (unpaired) electrons. The van der Waals surface area contributed by atoms with Gasteiger partial charge in [0, 0.05) is 32.4 Å². The molecule has 0 aliphatic heterocycles. The summed E-state index contributed by atoms with van der Waals surface area (Å²) in [7, 11) is 3.37. The van der Waals surface area contributed by atoms with Gasteiger partial charge in [-0.15, -0.1) is 0 Å². The Morgan fingerprint density at radius 2 is 1.16 bits per heavy atom. The zero-order valence-electron chi connectivity index (χ0n) is 22.9. The Kier molecular flexibility index (Phi) is 10.1. The van der Waals surface area contributed by atoms with E-state index < -0.39 is 16.4 Å². The van der Waals surface area contributed by atoms with Crippen LogP contribution in [0, 0.1) is 10.8 Å². The lowest BCUT2D eigenvalue weighted by molar-refractivity contribution is -0.132. The Labute approximate surface area is 201 Å². The molecule has 0 spiro atoms. The van der Waals surface area contributed by atoms with Crippen molar-refractivity contribution >= 4 is 33.2 Å². The predicted molar refractivity (Wildman–Crippen MR) is 141 cm³/mol. The van der Waals surface area contributed by atoms with Crippen LogP contribution < -0.4 is 10.6 Å². The van der Waals surface area contributed by atoms with E-state index in [1.165, 1.54) is 0 Å². The van der Waals surface area contributed by atoms with E-state index in [0.29, 0.717) is 5.75 Å². The van der Waals surface area contributed by atoms with Crippen molar-refractivity contribution in [1.82, 2.24) is 10.6 Å². The molecule has 0 aliphatic carbocycles. The maximum absolute atomic E-state index is 13.3. The normalized spacial score (nSPS) is 17.3. The molecular formula is C25H50N2O2S2. The van der Waals surface area contributed by atoms with E-state index >= 15 is 0 Å². The van der Waals surface area contributed by atoms with Gasteiger partial charge in [-0.3, -0.25) is 14.9 Å². The van der Waals surface area contributed by atoms with Crippen molar-refractivity contribution in [1.29, 1.82) is 0 Å². The van der Waals surface area contributed by atoms with Crippen LogP contribution in [0.1, 0.15) is 104 Å². The van der Waals surface area contributed by atoms with E-state index in [9.17, 15) is 9.59 Å². The van der Waals surface area contributed by atoms with E-state index in [4.69, 9.17) is 0 Å². The topological polar surface area (TPSA) is 58.2 Å². The van der Waals surface area contributed by atoms with Crippen LogP contribution in [-0.4, -0.2) is 44.7 Å². The number of hydrogen-bond donors (Lipinski definition) is 2. The summed E-state index contributed by atoms with van der Waals surface area (Å²) in [5.74, 6) is 1.04. The second kappa shape index (κ2) is 10.1. The minimum absolute atomic E-state index is 0.182. The van der Waals surface area contributed by atoms with Crippen LogP contribution in [0.3, 0.4) is 0 Å². The Bertz CT molecular complexity index is 632. The standard InChI is InChI=1S/C25H50N2O2S2/c1-20(2,3)18(28)17(26-22(7,8)9)24(13,14)31-30-16-25(15,27-23(10,11)12)19(29)21(4,5)6/h17,26-27H,16H2,1-15H3. The number of carbonyl (C=O) groups is 2. The second-order valence-corrected chi connectivity index (χ2v) is 16.6. The number of nitrogens with one attached hydrogen (secondary N) is 2. The Balaban J connectivity index is 5.71. The van der Waals surface area contributed by atoms with Gasteiger partial charge in [0.15, 0.2) is 11.6 Å². The Morgan fingerprint density at radius 1 is 0.710 bits per heavy atom. The van der Waals surface area contributed by atoms with Gasteiger partial charge in [-0.25, -0.2) is 0 Å².